The molecule has 0 saturated heterocycles. The van der Waals surface area contributed by atoms with E-state index in [2.05, 4.69) is 0 Å². The highest BCUT2D eigenvalue weighted by molar-refractivity contribution is 5.94. The van der Waals surface area contributed by atoms with Crippen LogP contribution in [-0.2, 0) is 9.59 Å². The normalized spacial score (nSPS) is 14.7. The lowest BCUT2D eigenvalue weighted by atomic mass is 9.85. The fourth-order valence-corrected chi connectivity index (χ4v) is 4.34. The molecule has 36 heavy (non-hydrogen) atoms. The van der Waals surface area contributed by atoms with Gasteiger partial charge in [0.2, 0.25) is 5.43 Å². The van der Waals surface area contributed by atoms with Crippen molar-refractivity contribution in [2.24, 2.45) is 5.73 Å². The molecule has 4 aromatic rings. The number of phenols is 1. The average molecular weight is 487 g/mol. The van der Waals surface area contributed by atoms with E-state index in [1.54, 1.807) is 55.6 Å². The number of ether oxygens (including phenoxy) is 3. The lowest BCUT2D eigenvalue weighted by Gasteiger charge is -2.26. The van der Waals surface area contributed by atoms with Crippen LogP contribution in [0.1, 0.15) is 23.5 Å². The number of primary amides is 1. The number of hydrogen-bond acceptors (Lipinski definition) is 8. The molecule has 1 aromatic heterocycles. The highest BCUT2D eigenvalue weighted by Crippen LogP contribution is 2.45. The monoisotopic (exact) mass is 487 g/mol. The Balaban J connectivity index is 1.62. The second-order valence-corrected chi connectivity index (χ2v) is 8.27. The van der Waals surface area contributed by atoms with Gasteiger partial charge < -0.3 is 29.5 Å². The maximum atomic E-state index is 13.5. The van der Waals surface area contributed by atoms with Gasteiger partial charge in [0.1, 0.15) is 40.2 Å². The van der Waals surface area contributed by atoms with Crippen LogP contribution in [0.3, 0.4) is 0 Å². The van der Waals surface area contributed by atoms with Crippen LogP contribution in [0.5, 0.6) is 23.0 Å². The van der Waals surface area contributed by atoms with Gasteiger partial charge in [-0.2, -0.15) is 0 Å². The zero-order valence-electron chi connectivity index (χ0n) is 19.1. The first kappa shape index (κ1) is 23.0. The van der Waals surface area contributed by atoms with Gasteiger partial charge in [0.05, 0.1) is 19.1 Å². The minimum Gasteiger partial charge on any atom is -0.507 e. The van der Waals surface area contributed by atoms with Crippen molar-refractivity contribution in [1.82, 2.24) is 0 Å². The van der Waals surface area contributed by atoms with E-state index < -0.39 is 23.2 Å². The van der Waals surface area contributed by atoms with Crippen molar-refractivity contribution in [2.45, 2.75) is 12.3 Å². The Hall–Kier alpha value is -4.79. The zero-order chi connectivity index (χ0) is 25.4. The first-order valence-corrected chi connectivity index (χ1v) is 11.0. The first-order chi connectivity index (χ1) is 17.4. The van der Waals surface area contributed by atoms with Crippen LogP contribution in [0.25, 0.3) is 22.1 Å². The van der Waals surface area contributed by atoms with E-state index in [4.69, 9.17) is 24.4 Å². The minimum atomic E-state index is -0.599. The molecule has 0 fully saturated rings. The van der Waals surface area contributed by atoms with Crippen molar-refractivity contribution < 1.29 is 33.3 Å². The standard InChI is InChI=1S/C27H21NO8/c1-33-16-6-2-15(3-7-16)19-12-35-27-24-18(14-4-8-17(9-5-14)34-13-22(28)30)10-23(31)36-21(24)11-20(29)25(27)26(19)32/h2-9,11-12,18,29H,10,13H2,1H3,(H2,28,30)/t18-/m0/s1. The van der Waals surface area contributed by atoms with E-state index in [1.807, 2.05) is 0 Å². The first-order valence-electron chi connectivity index (χ1n) is 11.0. The van der Waals surface area contributed by atoms with Crippen molar-refractivity contribution >= 4 is 22.8 Å². The number of benzene rings is 3. The smallest absolute Gasteiger partial charge is 0.312 e. The molecule has 0 bridgehead atoms. The summed E-state index contributed by atoms with van der Waals surface area (Å²) in [4.78, 5) is 36.8. The molecule has 0 saturated carbocycles. The quantitative estimate of drug-likeness (QED) is 0.311. The van der Waals surface area contributed by atoms with Crippen molar-refractivity contribution in [2.75, 3.05) is 13.7 Å². The lowest BCUT2D eigenvalue weighted by Crippen LogP contribution is -2.22. The molecule has 1 aliphatic heterocycles. The zero-order valence-corrected chi connectivity index (χ0v) is 19.1. The fourth-order valence-electron chi connectivity index (χ4n) is 4.34. The summed E-state index contributed by atoms with van der Waals surface area (Å²) in [5, 5.41) is 10.7. The third kappa shape index (κ3) is 4.11. The Labute approximate surface area is 204 Å². The molecular weight excluding hydrogens is 466 g/mol. The Morgan fingerprint density at radius 3 is 2.44 bits per heavy atom. The highest BCUT2D eigenvalue weighted by Gasteiger charge is 2.33. The van der Waals surface area contributed by atoms with Gasteiger partial charge in [-0.25, -0.2) is 0 Å². The van der Waals surface area contributed by atoms with Gasteiger partial charge in [0.15, 0.2) is 6.61 Å². The van der Waals surface area contributed by atoms with Crippen LogP contribution in [-0.4, -0.2) is 30.7 Å². The molecule has 9 nitrogen and oxygen atoms in total. The molecule has 9 heteroatoms. The summed E-state index contributed by atoms with van der Waals surface area (Å²) in [6.07, 6.45) is 1.33. The van der Waals surface area contributed by atoms with Crippen LogP contribution < -0.4 is 25.4 Å². The Morgan fingerprint density at radius 2 is 1.78 bits per heavy atom. The average Bonchev–Trinajstić information content (AvgIpc) is 2.87. The van der Waals surface area contributed by atoms with Crippen LogP contribution in [0, 0.1) is 0 Å². The number of methoxy groups -OCH3 is 1. The maximum absolute atomic E-state index is 13.5. The summed E-state index contributed by atoms with van der Waals surface area (Å²) in [5.74, 6) is -0.758. The number of fused-ring (bicyclic) bond motifs is 3. The molecule has 3 N–H and O–H groups in total. The van der Waals surface area contributed by atoms with E-state index in [1.165, 1.54) is 12.3 Å². The summed E-state index contributed by atoms with van der Waals surface area (Å²) in [7, 11) is 1.55. The van der Waals surface area contributed by atoms with Crippen molar-refractivity contribution in [1.29, 1.82) is 0 Å². The van der Waals surface area contributed by atoms with Crippen LogP contribution in [0.15, 0.2) is 70.1 Å². The van der Waals surface area contributed by atoms with Gasteiger partial charge in [-0.15, -0.1) is 0 Å². The molecule has 1 atom stereocenters. The molecule has 182 valence electrons. The van der Waals surface area contributed by atoms with Crippen molar-refractivity contribution in [3.63, 3.8) is 0 Å². The Bertz CT molecular complexity index is 1540. The molecule has 0 unspecified atom stereocenters. The summed E-state index contributed by atoms with van der Waals surface area (Å²) < 4.78 is 21.8. The highest BCUT2D eigenvalue weighted by atomic mass is 16.5. The predicted molar refractivity (Wildman–Crippen MR) is 129 cm³/mol. The SMILES string of the molecule is COc1ccc(-c2coc3c4c(cc(O)c3c2=O)OC(=O)C[C@H]4c2ccc(OCC(N)=O)cc2)cc1. The van der Waals surface area contributed by atoms with E-state index in [0.717, 1.165) is 5.56 Å². The third-order valence-electron chi connectivity index (χ3n) is 6.04. The molecule has 1 aliphatic rings. The summed E-state index contributed by atoms with van der Waals surface area (Å²) in [6.45, 7) is -0.260. The number of amides is 1. The second kappa shape index (κ2) is 9.10. The molecule has 0 spiro atoms. The molecule has 2 heterocycles. The number of esters is 1. The summed E-state index contributed by atoms with van der Waals surface area (Å²) in [6, 6.07) is 14.9. The van der Waals surface area contributed by atoms with E-state index in [-0.39, 0.29) is 41.1 Å². The van der Waals surface area contributed by atoms with Gasteiger partial charge in [-0.3, -0.25) is 14.4 Å². The van der Waals surface area contributed by atoms with Crippen LogP contribution in [0.4, 0.5) is 0 Å². The molecule has 3 aromatic carbocycles. The van der Waals surface area contributed by atoms with Gasteiger partial charge in [0.25, 0.3) is 5.91 Å². The largest absolute Gasteiger partial charge is 0.507 e. The predicted octanol–water partition coefficient (Wildman–Crippen LogP) is 3.48. The molecular formula is C27H21NO8. The van der Waals surface area contributed by atoms with Gasteiger partial charge in [0, 0.05) is 17.5 Å². The summed E-state index contributed by atoms with van der Waals surface area (Å²) >= 11 is 0. The molecule has 1 amide bonds. The number of aromatic hydroxyl groups is 1. The lowest BCUT2D eigenvalue weighted by molar-refractivity contribution is -0.135. The number of nitrogens with two attached hydrogens (primary N) is 1. The number of carbonyl (C=O) groups is 2. The Morgan fingerprint density at radius 1 is 1.08 bits per heavy atom. The van der Waals surface area contributed by atoms with E-state index in [0.29, 0.717) is 22.6 Å². The minimum absolute atomic E-state index is 0.00168. The van der Waals surface area contributed by atoms with Crippen molar-refractivity contribution in [3.05, 3.63) is 82.2 Å². The van der Waals surface area contributed by atoms with Crippen molar-refractivity contribution in [3.8, 4) is 34.1 Å². The van der Waals surface area contributed by atoms with Gasteiger partial charge in [-0.05, 0) is 35.4 Å². The van der Waals surface area contributed by atoms with Gasteiger partial charge in [-0.1, -0.05) is 24.3 Å². The van der Waals surface area contributed by atoms with E-state index in [9.17, 15) is 19.5 Å². The molecule has 0 aliphatic carbocycles. The summed E-state index contributed by atoms with van der Waals surface area (Å²) in [5.41, 5.74) is 6.90. The fraction of sp³-hybridized carbons (Fsp3) is 0.148. The topological polar surface area (TPSA) is 138 Å². The number of phenolic OH excluding ortho intramolecular Hbond substituents is 1. The van der Waals surface area contributed by atoms with Crippen LogP contribution in [0.2, 0.25) is 0 Å². The molecule has 5 rings (SSSR count). The van der Waals surface area contributed by atoms with E-state index >= 15 is 0 Å². The third-order valence-corrected chi connectivity index (χ3v) is 6.04. The number of rotatable bonds is 6. The maximum Gasteiger partial charge on any atom is 0.312 e. The Kier molecular flexibility index (Phi) is 5.81. The second-order valence-electron chi connectivity index (χ2n) is 8.27. The number of carbonyl (C=O) groups excluding carboxylic acids is 2. The number of hydrogen-bond donors (Lipinski definition) is 2. The van der Waals surface area contributed by atoms with Crippen LogP contribution >= 0.6 is 0 Å². The van der Waals surface area contributed by atoms with Gasteiger partial charge >= 0.3 is 5.97 Å². The molecule has 0 radical (unpaired) electrons.